The van der Waals surface area contributed by atoms with Crippen LogP contribution in [0.15, 0.2) is 24.4 Å². The van der Waals surface area contributed by atoms with Gasteiger partial charge < -0.3 is 10.7 Å². The second kappa shape index (κ2) is 3.87. The van der Waals surface area contributed by atoms with E-state index in [0.29, 0.717) is 6.54 Å². The summed E-state index contributed by atoms with van der Waals surface area (Å²) in [6.45, 7) is 4.70. The topological polar surface area (TPSA) is 54.7 Å². The number of benzene rings is 1. The maximum Gasteiger partial charge on any atom is 0.137 e. The fourth-order valence-electron chi connectivity index (χ4n) is 1.50. The molecule has 0 spiro atoms. The average Bonchev–Trinajstić information content (AvgIpc) is 2.70. The molecule has 0 bridgehead atoms. The lowest BCUT2D eigenvalue weighted by Gasteiger charge is -2.02. The van der Waals surface area contributed by atoms with E-state index in [-0.39, 0.29) is 0 Å². The lowest BCUT2D eigenvalue weighted by atomic mass is 10.1. The minimum atomic E-state index is 0.498. The van der Waals surface area contributed by atoms with E-state index in [4.69, 9.17) is 5.73 Å². The van der Waals surface area contributed by atoms with Crippen molar-refractivity contribution < 1.29 is 0 Å². The molecular weight excluding hydrogens is 186 g/mol. The van der Waals surface area contributed by atoms with Gasteiger partial charge in [0, 0.05) is 24.0 Å². The summed E-state index contributed by atoms with van der Waals surface area (Å²) >= 11 is 0. The summed E-state index contributed by atoms with van der Waals surface area (Å²) in [5.74, 6) is 0.888. The van der Waals surface area contributed by atoms with Gasteiger partial charge in [-0.1, -0.05) is 12.1 Å². The van der Waals surface area contributed by atoms with Gasteiger partial charge in [-0.05, 0) is 31.0 Å². The molecule has 2 aromatic rings. The molecule has 0 amide bonds. The van der Waals surface area contributed by atoms with Crippen LogP contribution in [0.2, 0.25) is 0 Å². The first-order chi connectivity index (χ1) is 7.20. The Morgan fingerprint density at radius 1 is 1.27 bits per heavy atom. The number of hydrogen-bond acceptors (Lipinski definition) is 2. The Morgan fingerprint density at radius 2 is 2.07 bits per heavy atom. The lowest BCUT2D eigenvalue weighted by Crippen LogP contribution is -1.95. The average molecular weight is 201 g/mol. The highest BCUT2D eigenvalue weighted by Crippen LogP contribution is 2.19. The molecule has 1 heterocycles. The van der Waals surface area contributed by atoms with Gasteiger partial charge in [0.2, 0.25) is 0 Å². The van der Waals surface area contributed by atoms with Gasteiger partial charge in [-0.3, -0.25) is 0 Å². The van der Waals surface area contributed by atoms with E-state index in [1.807, 2.05) is 0 Å². The van der Waals surface area contributed by atoms with Crippen LogP contribution in [0.5, 0.6) is 0 Å². The Morgan fingerprint density at radius 3 is 2.67 bits per heavy atom. The van der Waals surface area contributed by atoms with Crippen LogP contribution < -0.4 is 5.73 Å². The third kappa shape index (κ3) is 1.92. The SMILES string of the molecule is Cc1ccc(-c2ncc(CN)[nH]2)cc1C. The van der Waals surface area contributed by atoms with Gasteiger partial charge in [-0.25, -0.2) is 4.98 Å². The van der Waals surface area contributed by atoms with Crippen LogP contribution in [0.3, 0.4) is 0 Å². The van der Waals surface area contributed by atoms with Gasteiger partial charge in [0.15, 0.2) is 0 Å². The van der Waals surface area contributed by atoms with Crippen molar-refractivity contribution in [3.63, 3.8) is 0 Å². The van der Waals surface area contributed by atoms with E-state index in [2.05, 4.69) is 42.0 Å². The van der Waals surface area contributed by atoms with Gasteiger partial charge in [-0.15, -0.1) is 0 Å². The molecule has 1 aromatic heterocycles. The summed E-state index contributed by atoms with van der Waals surface area (Å²) in [5.41, 5.74) is 10.2. The van der Waals surface area contributed by atoms with E-state index in [1.54, 1.807) is 6.20 Å². The summed E-state index contributed by atoms with van der Waals surface area (Å²) < 4.78 is 0. The maximum atomic E-state index is 5.52. The number of nitrogens with zero attached hydrogens (tertiary/aromatic N) is 1. The van der Waals surface area contributed by atoms with Crippen LogP contribution in [0.1, 0.15) is 16.8 Å². The number of nitrogens with two attached hydrogens (primary N) is 1. The predicted octanol–water partition coefficient (Wildman–Crippen LogP) is 2.15. The Balaban J connectivity index is 2.40. The zero-order chi connectivity index (χ0) is 10.8. The summed E-state index contributed by atoms with van der Waals surface area (Å²) in [4.78, 5) is 7.48. The predicted molar refractivity (Wildman–Crippen MR) is 61.4 cm³/mol. The second-order valence-corrected chi connectivity index (χ2v) is 3.76. The highest BCUT2D eigenvalue weighted by Gasteiger charge is 2.03. The van der Waals surface area contributed by atoms with Crippen LogP contribution in [0.25, 0.3) is 11.4 Å². The van der Waals surface area contributed by atoms with E-state index in [9.17, 15) is 0 Å². The van der Waals surface area contributed by atoms with Crippen molar-refractivity contribution >= 4 is 0 Å². The van der Waals surface area contributed by atoms with E-state index in [1.165, 1.54) is 11.1 Å². The lowest BCUT2D eigenvalue weighted by molar-refractivity contribution is 1.01. The van der Waals surface area contributed by atoms with E-state index >= 15 is 0 Å². The zero-order valence-electron chi connectivity index (χ0n) is 9.04. The minimum Gasteiger partial charge on any atom is -0.341 e. The number of hydrogen-bond donors (Lipinski definition) is 2. The first-order valence-electron chi connectivity index (χ1n) is 5.02. The van der Waals surface area contributed by atoms with Crippen LogP contribution in [-0.2, 0) is 6.54 Å². The largest absolute Gasteiger partial charge is 0.341 e. The van der Waals surface area contributed by atoms with Crippen molar-refractivity contribution in [1.82, 2.24) is 9.97 Å². The van der Waals surface area contributed by atoms with Crippen LogP contribution in [-0.4, -0.2) is 9.97 Å². The molecule has 0 radical (unpaired) electrons. The number of rotatable bonds is 2. The Kier molecular flexibility index (Phi) is 2.56. The second-order valence-electron chi connectivity index (χ2n) is 3.76. The fraction of sp³-hybridized carbons (Fsp3) is 0.250. The molecule has 0 aliphatic rings. The number of aromatic amines is 1. The normalized spacial score (nSPS) is 10.6. The third-order valence-electron chi connectivity index (χ3n) is 2.63. The molecule has 0 saturated carbocycles. The van der Waals surface area contributed by atoms with E-state index < -0.39 is 0 Å². The quantitative estimate of drug-likeness (QED) is 0.782. The van der Waals surface area contributed by atoms with Crippen LogP contribution >= 0.6 is 0 Å². The van der Waals surface area contributed by atoms with Crippen molar-refractivity contribution in [1.29, 1.82) is 0 Å². The first-order valence-corrected chi connectivity index (χ1v) is 5.02. The number of imidazole rings is 1. The highest BCUT2D eigenvalue weighted by molar-refractivity contribution is 5.57. The molecule has 1 aromatic carbocycles. The standard InChI is InChI=1S/C12H15N3/c1-8-3-4-10(5-9(8)2)12-14-7-11(6-13)15-12/h3-5,7H,6,13H2,1-2H3,(H,14,15). The Hall–Kier alpha value is -1.61. The van der Waals surface area contributed by atoms with Crippen molar-refractivity contribution in [2.45, 2.75) is 20.4 Å². The molecule has 2 rings (SSSR count). The molecule has 0 aliphatic heterocycles. The minimum absolute atomic E-state index is 0.498. The number of aromatic nitrogens is 2. The summed E-state index contributed by atoms with van der Waals surface area (Å²) in [5, 5.41) is 0. The molecule has 3 N–H and O–H groups in total. The molecule has 3 nitrogen and oxygen atoms in total. The van der Waals surface area contributed by atoms with Crippen molar-refractivity contribution in [2.24, 2.45) is 5.73 Å². The van der Waals surface area contributed by atoms with Gasteiger partial charge in [0.05, 0.1) is 0 Å². The highest BCUT2D eigenvalue weighted by atomic mass is 14.9. The molecule has 0 atom stereocenters. The summed E-state index contributed by atoms with van der Waals surface area (Å²) in [6, 6.07) is 6.31. The molecule has 78 valence electrons. The molecule has 0 saturated heterocycles. The number of H-pyrrole nitrogens is 1. The third-order valence-corrected chi connectivity index (χ3v) is 2.63. The molecule has 0 aliphatic carbocycles. The molecule has 0 unspecified atom stereocenters. The zero-order valence-corrected chi connectivity index (χ0v) is 9.04. The van der Waals surface area contributed by atoms with Gasteiger partial charge in [0.1, 0.15) is 5.82 Å². The van der Waals surface area contributed by atoms with Gasteiger partial charge in [-0.2, -0.15) is 0 Å². The molecule has 0 fully saturated rings. The molecular formula is C12H15N3. The van der Waals surface area contributed by atoms with Crippen molar-refractivity contribution in [3.05, 3.63) is 41.2 Å². The van der Waals surface area contributed by atoms with Crippen molar-refractivity contribution in [3.8, 4) is 11.4 Å². The van der Waals surface area contributed by atoms with Gasteiger partial charge in [0.25, 0.3) is 0 Å². The maximum absolute atomic E-state index is 5.52. The monoisotopic (exact) mass is 201 g/mol. The van der Waals surface area contributed by atoms with Crippen LogP contribution in [0, 0.1) is 13.8 Å². The van der Waals surface area contributed by atoms with Crippen molar-refractivity contribution in [2.75, 3.05) is 0 Å². The number of aryl methyl sites for hydroxylation is 2. The Labute approximate surface area is 89.4 Å². The fourth-order valence-corrected chi connectivity index (χ4v) is 1.50. The van der Waals surface area contributed by atoms with E-state index in [0.717, 1.165) is 17.1 Å². The first kappa shape index (κ1) is 9.93. The number of nitrogens with one attached hydrogen (secondary N) is 1. The van der Waals surface area contributed by atoms with Crippen LogP contribution in [0.4, 0.5) is 0 Å². The summed E-state index contributed by atoms with van der Waals surface area (Å²) in [7, 11) is 0. The summed E-state index contributed by atoms with van der Waals surface area (Å²) in [6.07, 6.45) is 1.78. The molecule has 15 heavy (non-hydrogen) atoms. The Bertz CT molecular complexity index is 471. The molecule has 3 heteroatoms. The van der Waals surface area contributed by atoms with Gasteiger partial charge >= 0.3 is 0 Å². The smallest absolute Gasteiger partial charge is 0.137 e.